The van der Waals surface area contributed by atoms with Crippen molar-refractivity contribution in [1.29, 1.82) is 0 Å². The first-order valence-electron chi connectivity index (χ1n) is 12.2. The van der Waals surface area contributed by atoms with Crippen LogP contribution in [0.15, 0.2) is 42.6 Å². The summed E-state index contributed by atoms with van der Waals surface area (Å²) in [6, 6.07) is 9.89. The molecule has 1 amide bonds. The Morgan fingerprint density at radius 1 is 1.03 bits per heavy atom. The molecule has 0 saturated heterocycles. The van der Waals surface area contributed by atoms with Crippen molar-refractivity contribution < 1.29 is 33.3 Å². The van der Waals surface area contributed by atoms with Gasteiger partial charge in [0.25, 0.3) is 5.91 Å². The molecule has 194 valence electrons. The standard InChI is InChI=1S/C27H34N2O7/c1-17(29-26(31)23-25(35-19(3)30)22(33-4)15-16-28-23)27(32)36-24(20-11-7-5-8-12-20)18(2)34-21-13-9-6-10-14-21/h6,9-10,13-18,20,24H,5,7-8,11-12H2,1-4H3,(H,29,31)/t17-,18-,24?/m0/s1. The van der Waals surface area contributed by atoms with E-state index < -0.39 is 30.0 Å². The Bertz CT molecular complexity index is 1040. The first-order chi connectivity index (χ1) is 17.3. The lowest BCUT2D eigenvalue weighted by molar-refractivity contribution is -0.160. The minimum Gasteiger partial charge on any atom is -0.493 e. The number of esters is 2. The zero-order valence-corrected chi connectivity index (χ0v) is 21.2. The highest BCUT2D eigenvalue weighted by Gasteiger charge is 2.34. The molecule has 9 nitrogen and oxygen atoms in total. The van der Waals surface area contributed by atoms with E-state index >= 15 is 0 Å². The summed E-state index contributed by atoms with van der Waals surface area (Å²) >= 11 is 0. The molecule has 1 aliphatic carbocycles. The summed E-state index contributed by atoms with van der Waals surface area (Å²) in [6.07, 6.45) is 5.71. The van der Waals surface area contributed by atoms with E-state index in [2.05, 4.69) is 10.3 Å². The van der Waals surface area contributed by atoms with Crippen molar-refractivity contribution in [2.24, 2.45) is 5.92 Å². The molecule has 1 N–H and O–H groups in total. The average Bonchev–Trinajstić information content (AvgIpc) is 2.87. The second-order valence-corrected chi connectivity index (χ2v) is 8.92. The van der Waals surface area contributed by atoms with Crippen molar-refractivity contribution in [3.63, 3.8) is 0 Å². The number of nitrogens with one attached hydrogen (secondary N) is 1. The molecule has 1 saturated carbocycles. The summed E-state index contributed by atoms with van der Waals surface area (Å²) < 4.78 is 22.4. The zero-order valence-electron chi connectivity index (χ0n) is 21.2. The Labute approximate surface area is 211 Å². The Morgan fingerprint density at radius 2 is 1.72 bits per heavy atom. The summed E-state index contributed by atoms with van der Waals surface area (Å²) in [5.74, 6) is -0.993. The molecule has 0 aliphatic heterocycles. The minimum absolute atomic E-state index is 0.115. The van der Waals surface area contributed by atoms with Gasteiger partial charge in [-0.05, 0) is 44.7 Å². The Balaban J connectivity index is 1.72. The number of nitrogens with zero attached hydrogens (tertiary/aromatic N) is 1. The van der Waals surface area contributed by atoms with Crippen LogP contribution in [0.1, 0.15) is 63.4 Å². The maximum Gasteiger partial charge on any atom is 0.328 e. The van der Waals surface area contributed by atoms with Gasteiger partial charge in [-0.15, -0.1) is 0 Å². The van der Waals surface area contributed by atoms with E-state index in [0.717, 1.165) is 32.1 Å². The number of pyridine rings is 1. The van der Waals surface area contributed by atoms with Crippen LogP contribution < -0.4 is 19.5 Å². The fourth-order valence-corrected chi connectivity index (χ4v) is 4.37. The molecule has 0 radical (unpaired) electrons. The maximum absolute atomic E-state index is 13.1. The van der Waals surface area contributed by atoms with Crippen LogP contribution in [-0.2, 0) is 14.3 Å². The zero-order chi connectivity index (χ0) is 26.1. The lowest BCUT2D eigenvalue weighted by Crippen LogP contribution is -2.46. The van der Waals surface area contributed by atoms with Crippen LogP contribution in [0.2, 0.25) is 0 Å². The molecule has 1 heterocycles. The molecule has 0 spiro atoms. The summed E-state index contributed by atoms with van der Waals surface area (Å²) in [5, 5.41) is 2.59. The highest BCUT2D eigenvalue weighted by atomic mass is 16.6. The number of aromatic nitrogens is 1. The van der Waals surface area contributed by atoms with Gasteiger partial charge in [-0.1, -0.05) is 37.5 Å². The third-order valence-corrected chi connectivity index (χ3v) is 6.14. The van der Waals surface area contributed by atoms with Crippen LogP contribution in [0.5, 0.6) is 17.2 Å². The molecule has 36 heavy (non-hydrogen) atoms. The number of methoxy groups -OCH3 is 1. The Kier molecular flexibility index (Phi) is 9.67. The van der Waals surface area contributed by atoms with Crippen LogP contribution in [0, 0.1) is 5.92 Å². The van der Waals surface area contributed by atoms with E-state index in [1.807, 2.05) is 37.3 Å². The normalized spacial score (nSPS) is 16.2. The molecule has 1 aromatic carbocycles. The predicted molar refractivity (Wildman–Crippen MR) is 132 cm³/mol. The van der Waals surface area contributed by atoms with E-state index in [1.54, 1.807) is 0 Å². The molecule has 1 aromatic heterocycles. The van der Waals surface area contributed by atoms with E-state index in [0.29, 0.717) is 5.75 Å². The topological polar surface area (TPSA) is 113 Å². The summed E-state index contributed by atoms with van der Waals surface area (Å²) in [7, 11) is 1.38. The fraction of sp³-hybridized carbons (Fsp3) is 0.481. The third kappa shape index (κ3) is 7.19. The summed E-state index contributed by atoms with van der Waals surface area (Å²) in [4.78, 5) is 41.6. The highest BCUT2D eigenvalue weighted by molar-refractivity contribution is 5.98. The van der Waals surface area contributed by atoms with Gasteiger partial charge < -0.3 is 24.3 Å². The maximum atomic E-state index is 13.1. The SMILES string of the molecule is COc1ccnc(C(=O)N[C@@H](C)C(=O)OC(C2CCCCC2)[C@H](C)Oc2ccccc2)c1OC(C)=O. The number of hydrogen-bond donors (Lipinski definition) is 1. The molecule has 3 rings (SSSR count). The number of carbonyl (C=O) groups excluding carboxylic acids is 3. The lowest BCUT2D eigenvalue weighted by atomic mass is 9.83. The second kappa shape index (κ2) is 12.9. The minimum atomic E-state index is -0.981. The monoisotopic (exact) mass is 498 g/mol. The number of benzene rings is 1. The Morgan fingerprint density at radius 3 is 2.36 bits per heavy atom. The van der Waals surface area contributed by atoms with Crippen LogP contribution in [0.3, 0.4) is 0 Å². The second-order valence-electron chi connectivity index (χ2n) is 8.92. The number of hydrogen-bond acceptors (Lipinski definition) is 8. The van der Waals surface area contributed by atoms with Gasteiger partial charge in [0.05, 0.1) is 7.11 Å². The molecular weight excluding hydrogens is 464 g/mol. The fourth-order valence-electron chi connectivity index (χ4n) is 4.37. The average molecular weight is 499 g/mol. The van der Waals surface area contributed by atoms with Gasteiger partial charge in [-0.25, -0.2) is 9.78 Å². The van der Waals surface area contributed by atoms with E-state index in [9.17, 15) is 14.4 Å². The van der Waals surface area contributed by atoms with Gasteiger partial charge in [0.1, 0.15) is 24.0 Å². The number of rotatable bonds is 10. The van der Waals surface area contributed by atoms with E-state index in [-0.39, 0.29) is 29.2 Å². The van der Waals surface area contributed by atoms with E-state index in [1.165, 1.54) is 33.2 Å². The van der Waals surface area contributed by atoms with Gasteiger partial charge in [-0.3, -0.25) is 9.59 Å². The quantitative estimate of drug-likeness (QED) is 0.487. The molecular formula is C27H34N2O7. The Hall–Kier alpha value is -3.62. The first kappa shape index (κ1) is 27.0. The van der Waals surface area contributed by atoms with Crippen molar-refractivity contribution in [2.45, 2.75) is 71.1 Å². The molecule has 3 atom stereocenters. The van der Waals surface area contributed by atoms with Crippen molar-refractivity contribution in [3.8, 4) is 17.2 Å². The van der Waals surface area contributed by atoms with Gasteiger partial charge >= 0.3 is 11.9 Å². The van der Waals surface area contributed by atoms with Gasteiger partial charge in [0.2, 0.25) is 5.75 Å². The van der Waals surface area contributed by atoms with Crippen molar-refractivity contribution >= 4 is 17.8 Å². The largest absolute Gasteiger partial charge is 0.493 e. The number of para-hydroxylation sites is 1. The van der Waals surface area contributed by atoms with Gasteiger partial charge in [-0.2, -0.15) is 0 Å². The van der Waals surface area contributed by atoms with Crippen molar-refractivity contribution in [1.82, 2.24) is 10.3 Å². The summed E-state index contributed by atoms with van der Waals surface area (Å²) in [5.41, 5.74) is -0.172. The van der Waals surface area contributed by atoms with Crippen LogP contribution >= 0.6 is 0 Å². The molecule has 1 fully saturated rings. The van der Waals surface area contributed by atoms with Gasteiger partial charge in [0, 0.05) is 19.2 Å². The lowest BCUT2D eigenvalue weighted by Gasteiger charge is -2.34. The van der Waals surface area contributed by atoms with Gasteiger partial charge in [0.15, 0.2) is 11.4 Å². The molecule has 9 heteroatoms. The van der Waals surface area contributed by atoms with Crippen LogP contribution in [-0.4, -0.2) is 48.2 Å². The highest BCUT2D eigenvalue weighted by Crippen LogP contribution is 2.32. The number of carbonyl (C=O) groups is 3. The third-order valence-electron chi connectivity index (χ3n) is 6.14. The molecule has 2 aromatic rings. The van der Waals surface area contributed by atoms with Crippen molar-refractivity contribution in [2.75, 3.05) is 7.11 Å². The molecule has 0 bridgehead atoms. The van der Waals surface area contributed by atoms with Crippen LogP contribution in [0.4, 0.5) is 0 Å². The number of amides is 1. The first-order valence-corrected chi connectivity index (χ1v) is 12.2. The molecule has 1 unspecified atom stereocenters. The summed E-state index contributed by atoms with van der Waals surface area (Å²) in [6.45, 7) is 4.64. The van der Waals surface area contributed by atoms with Crippen LogP contribution in [0.25, 0.3) is 0 Å². The predicted octanol–water partition coefficient (Wildman–Crippen LogP) is 4.09. The number of ether oxygens (including phenoxy) is 4. The van der Waals surface area contributed by atoms with Crippen molar-refractivity contribution in [3.05, 3.63) is 48.3 Å². The van der Waals surface area contributed by atoms with E-state index in [4.69, 9.17) is 18.9 Å². The molecule has 1 aliphatic rings. The smallest absolute Gasteiger partial charge is 0.328 e.